The van der Waals surface area contributed by atoms with Crippen LogP contribution in [-0.4, -0.2) is 30.0 Å². The number of hydrogen-bond acceptors (Lipinski definition) is 2. The molecule has 0 aliphatic carbocycles. The van der Waals surface area contributed by atoms with Crippen molar-refractivity contribution in [3.63, 3.8) is 0 Å². The molecule has 0 saturated heterocycles. The third-order valence-corrected chi connectivity index (χ3v) is 5.90. The lowest BCUT2D eigenvalue weighted by atomic mass is 9.99. The van der Waals surface area contributed by atoms with Gasteiger partial charge in [0, 0.05) is 6.54 Å². The monoisotopic (exact) mass is 307 g/mol. The molecular weight excluding hydrogens is 269 g/mol. The number of nitrogens with zero attached hydrogens (tertiary/aromatic N) is 1. The van der Waals surface area contributed by atoms with Crippen molar-refractivity contribution in [3.8, 4) is 0 Å². The van der Waals surface area contributed by atoms with Crippen molar-refractivity contribution in [1.82, 2.24) is 4.67 Å². The molecule has 0 aromatic carbocycles. The minimum Gasteiger partial charge on any atom is -0.316 e. The van der Waals surface area contributed by atoms with Gasteiger partial charge in [0.15, 0.2) is 0 Å². The van der Waals surface area contributed by atoms with Gasteiger partial charge in [0.25, 0.3) is 7.52 Å². The second-order valence-electron chi connectivity index (χ2n) is 6.98. The molecule has 0 aromatic heterocycles. The number of hydrogen-bond donors (Lipinski definition) is 0. The quantitative estimate of drug-likeness (QED) is 0.457. The van der Waals surface area contributed by atoms with Crippen LogP contribution in [0.25, 0.3) is 0 Å². The fourth-order valence-corrected chi connectivity index (χ4v) is 4.04. The zero-order valence-electron chi connectivity index (χ0n) is 13.1. The molecule has 0 aliphatic heterocycles. The zero-order chi connectivity index (χ0) is 14.6. The molecule has 0 N–H and O–H groups in total. The van der Waals surface area contributed by atoms with Crippen molar-refractivity contribution in [2.75, 3.05) is 20.2 Å². The van der Waals surface area contributed by atoms with Gasteiger partial charge in [-0.15, -0.1) is 6.58 Å². The Kier molecular flexibility index (Phi) is 11.2. The molecule has 0 amide bonds. The summed E-state index contributed by atoms with van der Waals surface area (Å²) in [5.41, 5.74) is 0.0141. The van der Waals surface area contributed by atoms with E-state index in [-0.39, 0.29) is 25.4 Å². The molecule has 0 saturated carbocycles. The molecule has 1 unspecified atom stereocenters. The Balaban J connectivity index is -0.00000144. The van der Waals surface area contributed by atoms with Crippen LogP contribution in [0.2, 0.25) is 0 Å². The lowest BCUT2D eigenvalue weighted by Gasteiger charge is -2.38. The summed E-state index contributed by atoms with van der Waals surface area (Å²) in [5, 5.41) is -0.381. The molecule has 3 nitrogen and oxygen atoms in total. The Bertz CT molecular complexity index is 313. The van der Waals surface area contributed by atoms with Gasteiger partial charge in [-0.05, 0) is 39.7 Å². The fraction of sp³-hybridized carbons (Fsp3) is 0.875. The first-order valence-corrected chi connectivity index (χ1v) is 8.09. The first-order valence-electron chi connectivity index (χ1n) is 6.51. The molecule has 0 bridgehead atoms. The van der Waals surface area contributed by atoms with E-state index >= 15 is 0 Å². The molecule has 0 spiro atoms. The molecule has 0 fully saturated rings. The van der Waals surface area contributed by atoms with Gasteiger partial charge in [0.2, 0.25) is 0 Å². The Hall–Kier alpha value is -0.110. The minimum atomic E-state index is -2.83. The van der Waals surface area contributed by atoms with Gasteiger partial charge in [-0.3, -0.25) is 4.57 Å². The summed E-state index contributed by atoms with van der Waals surface area (Å²) in [6, 6.07) is 0. The molecule has 0 heterocycles. The predicted octanol–water partition coefficient (Wildman–Crippen LogP) is 5.82. The van der Waals surface area contributed by atoms with Crippen LogP contribution in [0.4, 0.5) is 0 Å². The maximum atomic E-state index is 13.2. The van der Waals surface area contributed by atoms with Gasteiger partial charge in [0.1, 0.15) is 0 Å². The van der Waals surface area contributed by atoms with E-state index in [4.69, 9.17) is 4.52 Å². The van der Waals surface area contributed by atoms with E-state index in [1.54, 1.807) is 0 Å². The van der Waals surface area contributed by atoms with Crippen LogP contribution in [-0.2, 0) is 9.09 Å². The second-order valence-corrected chi connectivity index (χ2v) is 10.3. The molecular formula is C16H38NO2P. The van der Waals surface area contributed by atoms with Crippen molar-refractivity contribution in [3.05, 3.63) is 12.7 Å². The highest BCUT2D eigenvalue weighted by molar-refractivity contribution is 7.58. The number of rotatable bonds is 6. The molecule has 0 rings (SSSR count). The van der Waals surface area contributed by atoms with Crippen LogP contribution in [0.1, 0.15) is 62.8 Å². The van der Waals surface area contributed by atoms with E-state index < -0.39 is 7.52 Å². The SMILES string of the molecule is C.C.C=CCCN(C)P(=O)(OCC(C)(C)C)C(C)(C)C. The average Bonchev–Trinajstić information content (AvgIpc) is 2.19. The Labute approximate surface area is 128 Å². The second kappa shape index (κ2) is 9.02. The average molecular weight is 307 g/mol. The van der Waals surface area contributed by atoms with Crippen LogP contribution in [0.3, 0.4) is 0 Å². The highest BCUT2D eigenvalue weighted by atomic mass is 31.2. The summed E-state index contributed by atoms with van der Waals surface area (Å²) in [4.78, 5) is 0. The van der Waals surface area contributed by atoms with Gasteiger partial charge in [-0.1, -0.05) is 41.7 Å². The smallest absolute Gasteiger partial charge is 0.277 e. The molecule has 1 atom stereocenters. The fourth-order valence-electron chi connectivity index (χ4n) is 1.50. The Morgan fingerprint density at radius 3 is 1.90 bits per heavy atom. The van der Waals surface area contributed by atoms with E-state index in [0.717, 1.165) is 6.42 Å². The van der Waals surface area contributed by atoms with Crippen LogP contribution in [0, 0.1) is 5.41 Å². The highest BCUT2D eigenvalue weighted by Gasteiger charge is 2.42. The van der Waals surface area contributed by atoms with Gasteiger partial charge in [0.05, 0.1) is 11.8 Å². The summed E-state index contributed by atoms with van der Waals surface area (Å²) in [5.74, 6) is 0. The van der Waals surface area contributed by atoms with E-state index in [9.17, 15) is 4.57 Å². The lowest BCUT2D eigenvalue weighted by molar-refractivity contribution is 0.174. The summed E-state index contributed by atoms with van der Waals surface area (Å²) in [7, 11) is -0.962. The molecule has 0 radical (unpaired) electrons. The summed E-state index contributed by atoms with van der Waals surface area (Å²) >= 11 is 0. The van der Waals surface area contributed by atoms with E-state index in [0.29, 0.717) is 13.2 Å². The van der Waals surface area contributed by atoms with Gasteiger partial charge < -0.3 is 4.52 Å². The topological polar surface area (TPSA) is 29.5 Å². The van der Waals surface area contributed by atoms with Gasteiger partial charge in [-0.2, -0.15) is 0 Å². The van der Waals surface area contributed by atoms with Crippen molar-refractivity contribution in [2.24, 2.45) is 5.41 Å². The van der Waals surface area contributed by atoms with E-state index in [1.165, 1.54) is 0 Å². The van der Waals surface area contributed by atoms with Crippen LogP contribution in [0.15, 0.2) is 12.7 Å². The maximum absolute atomic E-state index is 13.2. The third kappa shape index (κ3) is 7.61. The van der Waals surface area contributed by atoms with Crippen LogP contribution >= 0.6 is 7.52 Å². The summed E-state index contributed by atoms with van der Waals surface area (Å²) < 4.78 is 20.9. The summed E-state index contributed by atoms with van der Waals surface area (Å²) in [6.45, 7) is 17.1. The van der Waals surface area contributed by atoms with Crippen LogP contribution < -0.4 is 0 Å². The van der Waals surface area contributed by atoms with Crippen molar-refractivity contribution in [2.45, 2.75) is 68.0 Å². The Morgan fingerprint density at radius 2 is 1.60 bits per heavy atom. The third-order valence-electron chi connectivity index (χ3n) is 2.63. The summed E-state index contributed by atoms with van der Waals surface area (Å²) in [6.07, 6.45) is 2.66. The van der Waals surface area contributed by atoms with Gasteiger partial charge in [-0.25, -0.2) is 4.67 Å². The largest absolute Gasteiger partial charge is 0.316 e. The van der Waals surface area contributed by atoms with Gasteiger partial charge >= 0.3 is 0 Å². The molecule has 0 aliphatic rings. The molecule has 0 aromatic rings. The molecule has 4 heteroatoms. The minimum absolute atomic E-state index is 0. The van der Waals surface area contributed by atoms with E-state index in [1.807, 2.05) is 38.6 Å². The zero-order valence-corrected chi connectivity index (χ0v) is 14.0. The maximum Gasteiger partial charge on any atom is 0.277 e. The molecule has 124 valence electrons. The first-order chi connectivity index (χ1) is 7.94. The first kappa shape index (κ1) is 24.9. The van der Waals surface area contributed by atoms with Crippen molar-refractivity contribution >= 4 is 7.52 Å². The van der Waals surface area contributed by atoms with E-state index in [2.05, 4.69) is 27.4 Å². The standard InChI is InChI=1S/C14H30NO2P.2CH4/c1-9-10-11-15(8)18(16,14(5,6)7)17-12-13(2,3)4;;/h9H,1,10-12H2,2-8H3;2*1H4. The Morgan fingerprint density at radius 1 is 1.15 bits per heavy atom. The normalized spacial score (nSPS) is 15.0. The predicted molar refractivity (Wildman–Crippen MR) is 93.7 cm³/mol. The lowest BCUT2D eigenvalue weighted by Crippen LogP contribution is -2.31. The van der Waals surface area contributed by atoms with Crippen molar-refractivity contribution in [1.29, 1.82) is 0 Å². The molecule has 20 heavy (non-hydrogen) atoms. The van der Waals surface area contributed by atoms with Crippen LogP contribution in [0.5, 0.6) is 0 Å². The highest BCUT2D eigenvalue weighted by Crippen LogP contribution is 2.61. The van der Waals surface area contributed by atoms with Crippen molar-refractivity contribution < 1.29 is 9.09 Å².